The predicted octanol–water partition coefficient (Wildman–Crippen LogP) is 2.94. The molecule has 1 atom stereocenters. The number of aromatic nitrogens is 2. The standard InChI is InChI=1S/C11H15N3OS2/c1-2-16-11-14-13-10(17-11)12-9(15)8-6-4-3-5-7-8/h3-4,8H,2,5-7H2,1H3,(H,12,13,15)/t8-/m0/s1. The molecule has 92 valence electrons. The van der Waals surface area contributed by atoms with Gasteiger partial charge in [-0.05, 0) is 25.0 Å². The first-order chi connectivity index (χ1) is 8.29. The highest BCUT2D eigenvalue weighted by molar-refractivity contribution is 8.01. The highest BCUT2D eigenvalue weighted by Gasteiger charge is 2.19. The number of rotatable bonds is 4. The number of anilines is 1. The molecule has 0 bridgehead atoms. The van der Waals surface area contributed by atoms with Crippen molar-refractivity contribution >= 4 is 34.1 Å². The molecule has 1 amide bonds. The molecule has 1 aliphatic carbocycles. The van der Waals surface area contributed by atoms with Crippen LogP contribution in [0.4, 0.5) is 5.13 Å². The van der Waals surface area contributed by atoms with Crippen molar-refractivity contribution < 1.29 is 4.79 Å². The average molecular weight is 269 g/mol. The van der Waals surface area contributed by atoms with E-state index >= 15 is 0 Å². The van der Waals surface area contributed by atoms with Crippen molar-refractivity contribution in [2.75, 3.05) is 11.1 Å². The molecule has 0 saturated heterocycles. The second-order valence-electron chi connectivity index (χ2n) is 3.78. The summed E-state index contributed by atoms with van der Waals surface area (Å²) in [5, 5.41) is 11.4. The monoisotopic (exact) mass is 269 g/mol. The van der Waals surface area contributed by atoms with Crippen molar-refractivity contribution in [1.82, 2.24) is 10.2 Å². The Morgan fingerprint density at radius 3 is 3.18 bits per heavy atom. The van der Waals surface area contributed by atoms with Gasteiger partial charge < -0.3 is 5.32 Å². The van der Waals surface area contributed by atoms with E-state index in [1.165, 1.54) is 11.3 Å². The molecule has 4 nitrogen and oxygen atoms in total. The maximum Gasteiger partial charge on any atom is 0.229 e. The zero-order chi connectivity index (χ0) is 12.1. The Morgan fingerprint density at radius 1 is 1.59 bits per heavy atom. The van der Waals surface area contributed by atoms with Crippen molar-refractivity contribution in [3.8, 4) is 0 Å². The molecule has 0 saturated carbocycles. The number of carbonyl (C=O) groups is 1. The molecule has 1 aliphatic rings. The summed E-state index contributed by atoms with van der Waals surface area (Å²) >= 11 is 3.08. The Balaban J connectivity index is 1.90. The lowest BCUT2D eigenvalue weighted by atomic mass is 9.94. The Hall–Kier alpha value is -0.880. The lowest BCUT2D eigenvalue weighted by Crippen LogP contribution is -2.23. The Bertz CT molecular complexity index is 417. The van der Waals surface area contributed by atoms with Crippen LogP contribution in [0.5, 0.6) is 0 Å². The topological polar surface area (TPSA) is 54.9 Å². The number of nitrogens with one attached hydrogen (secondary N) is 1. The van der Waals surface area contributed by atoms with Crippen molar-refractivity contribution in [2.24, 2.45) is 5.92 Å². The second-order valence-corrected chi connectivity index (χ2v) is 6.27. The molecule has 0 aromatic carbocycles. The molecule has 17 heavy (non-hydrogen) atoms. The number of hydrogen-bond donors (Lipinski definition) is 1. The van der Waals surface area contributed by atoms with Crippen molar-refractivity contribution in [3.63, 3.8) is 0 Å². The minimum Gasteiger partial charge on any atom is -0.300 e. The molecular weight excluding hydrogens is 254 g/mol. The van der Waals surface area contributed by atoms with Crippen LogP contribution in [0.15, 0.2) is 16.5 Å². The van der Waals surface area contributed by atoms with E-state index in [0.717, 1.165) is 29.4 Å². The number of hydrogen-bond acceptors (Lipinski definition) is 5. The minimum atomic E-state index is 0.0681. The van der Waals surface area contributed by atoms with Gasteiger partial charge in [-0.3, -0.25) is 4.79 Å². The van der Waals surface area contributed by atoms with Crippen LogP contribution in [0.1, 0.15) is 26.2 Å². The van der Waals surface area contributed by atoms with Crippen LogP contribution in [-0.4, -0.2) is 21.9 Å². The van der Waals surface area contributed by atoms with Gasteiger partial charge in [0, 0.05) is 5.92 Å². The molecule has 1 aromatic rings. The summed E-state index contributed by atoms with van der Waals surface area (Å²) in [5.74, 6) is 1.13. The molecule has 6 heteroatoms. The van der Waals surface area contributed by atoms with Gasteiger partial charge in [-0.2, -0.15) is 0 Å². The fourth-order valence-electron chi connectivity index (χ4n) is 1.68. The lowest BCUT2D eigenvalue weighted by molar-refractivity contribution is -0.120. The van der Waals surface area contributed by atoms with Gasteiger partial charge >= 0.3 is 0 Å². The third kappa shape index (κ3) is 3.54. The number of nitrogens with zero attached hydrogens (tertiary/aromatic N) is 2. The maximum atomic E-state index is 11.9. The maximum absolute atomic E-state index is 11.9. The van der Waals surface area contributed by atoms with Gasteiger partial charge in [0.05, 0.1) is 0 Å². The van der Waals surface area contributed by atoms with Gasteiger partial charge in [-0.1, -0.05) is 42.2 Å². The molecule has 0 aliphatic heterocycles. The molecule has 0 fully saturated rings. The summed E-state index contributed by atoms with van der Waals surface area (Å²) in [5.41, 5.74) is 0. The van der Waals surface area contributed by atoms with Crippen LogP contribution in [-0.2, 0) is 4.79 Å². The predicted molar refractivity (Wildman–Crippen MR) is 71.4 cm³/mol. The van der Waals surface area contributed by atoms with Crippen molar-refractivity contribution in [1.29, 1.82) is 0 Å². The third-order valence-electron chi connectivity index (χ3n) is 2.54. The van der Waals surface area contributed by atoms with Crippen LogP contribution in [0, 0.1) is 5.92 Å². The van der Waals surface area contributed by atoms with Crippen molar-refractivity contribution in [2.45, 2.75) is 30.5 Å². The van der Waals surface area contributed by atoms with Crippen LogP contribution in [0.2, 0.25) is 0 Å². The average Bonchev–Trinajstić information content (AvgIpc) is 2.78. The summed E-state index contributed by atoms with van der Waals surface area (Å²) in [6, 6.07) is 0. The molecule has 0 spiro atoms. The van der Waals surface area contributed by atoms with E-state index < -0.39 is 0 Å². The molecule has 1 N–H and O–H groups in total. The zero-order valence-electron chi connectivity index (χ0n) is 9.68. The van der Waals surface area contributed by atoms with Crippen LogP contribution < -0.4 is 5.32 Å². The van der Waals surface area contributed by atoms with Crippen LogP contribution in [0.25, 0.3) is 0 Å². The van der Waals surface area contributed by atoms with Gasteiger partial charge in [0.25, 0.3) is 0 Å². The molecule has 1 heterocycles. The van der Waals surface area contributed by atoms with E-state index in [0.29, 0.717) is 5.13 Å². The van der Waals surface area contributed by atoms with E-state index in [2.05, 4.69) is 34.6 Å². The first kappa shape index (κ1) is 12.6. The Kier molecular flexibility index (Phi) is 4.56. The summed E-state index contributed by atoms with van der Waals surface area (Å²) in [6.45, 7) is 2.07. The van der Waals surface area contributed by atoms with Crippen LogP contribution >= 0.6 is 23.1 Å². The van der Waals surface area contributed by atoms with E-state index in [4.69, 9.17) is 0 Å². The second kappa shape index (κ2) is 6.16. The SMILES string of the molecule is CCSc1nnc(NC(=O)[C@H]2CC=CCC2)s1. The highest BCUT2D eigenvalue weighted by atomic mass is 32.2. The molecule has 0 unspecified atom stereocenters. The lowest BCUT2D eigenvalue weighted by Gasteiger charge is -2.15. The largest absolute Gasteiger partial charge is 0.300 e. The number of carbonyl (C=O) groups excluding carboxylic acids is 1. The third-order valence-corrected chi connectivity index (χ3v) is 4.40. The summed E-state index contributed by atoms with van der Waals surface area (Å²) in [4.78, 5) is 11.9. The van der Waals surface area contributed by atoms with E-state index in [-0.39, 0.29) is 11.8 Å². The molecule has 2 rings (SSSR count). The first-order valence-corrected chi connectivity index (χ1v) is 7.52. The molecule has 0 radical (unpaired) electrons. The zero-order valence-corrected chi connectivity index (χ0v) is 11.3. The van der Waals surface area contributed by atoms with E-state index in [1.54, 1.807) is 11.8 Å². The van der Waals surface area contributed by atoms with E-state index in [1.807, 2.05) is 0 Å². The smallest absolute Gasteiger partial charge is 0.229 e. The van der Waals surface area contributed by atoms with Gasteiger partial charge in [0.2, 0.25) is 11.0 Å². The van der Waals surface area contributed by atoms with Crippen molar-refractivity contribution in [3.05, 3.63) is 12.2 Å². The quantitative estimate of drug-likeness (QED) is 0.519. The molecular formula is C11H15N3OS2. The summed E-state index contributed by atoms with van der Waals surface area (Å²) in [6.07, 6.45) is 6.96. The highest BCUT2D eigenvalue weighted by Crippen LogP contribution is 2.26. The van der Waals surface area contributed by atoms with Gasteiger partial charge in [0.1, 0.15) is 0 Å². The fourth-order valence-corrected chi connectivity index (χ4v) is 3.33. The first-order valence-electron chi connectivity index (χ1n) is 5.71. The van der Waals surface area contributed by atoms with Gasteiger partial charge in [0.15, 0.2) is 4.34 Å². The normalized spacial score (nSPS) is 19.2. The number of amides is 1. The Labute approximate surface area is 109 Å². The Morgan fingerprint density at radius 2 is 2.47 bits per heavy atom. The van der Waals surface area contributed by atoms with Crippen LogP contribution in [0.3, 0.4) is 0 Å². The van der Waals surface area contributed by atoms with Gasteiger partial charge in [-0.15, -0.1) is 10.2 Å². The van der Waals surface area contributed by atoms with E-state index in [9.17, 15) is 4.79 Å². The van der Waals surface area contributed by atoms with Gasteiger partial charge in [-0.25, -0.2) is 0 Å². The minimum absolute atomic E-state index is 0.0681. The molecule has 1 aromatic heterocycles. The number of allylic oxidation sites excluding steroid dienone is 2. The summed E-state index contributed by atoms with van der Waals surface area (Å²) in [7, 11) is 0. The fraction of sp³-hybridized carbons (Fsp3) is 0.545. The number of thioether (sulfide) groups is 1. The summed E-state index contributed by atoms with van der Waals surface area (Å²) < 4.78 is 0.909.